The molecule has 0 aliphatic heterocycles. The summed E-state index contributed by atoms with van der Waals surface area (Å²) in [4.78, 5) is 0. The molecule has 0 atom stereocenters. The van der Waals surface area contributed by atoms with Crippen LogP contribution in [0.25, 0.3) is 0 Å². The standard InChI is InChI=1S/C7H19NO2Si/c1-5-9-11(10-6-2)7(3,4)8/h11H,5-6,8H2,1-4H3. The largest absolute Gasteiger partial charge is 0.396 e. The lowest BCUT2D eigenvalue weighted by molar-refractivity contribution is 0.193. The summed E-state index contributed by atoms with van der Waals surface area (Å²) in [7, 11) is -1.64. The Labute approximate surface area is 70.7 Å². The van der Waals surface area contributed by atoms with Crippen molar-refractivity contribution in [1.82, 2.24) is 0 Å². The maximum atomic E-state index is 5.86. The van der Waals surface area contributed by atoms with E-state index in [-0.39, 0.29) is 5.16 Å². The molecule has 4 heteroatoms. The van der Waals surface area contributed by atoms with Gasteiger partial charge >= 0.3 is 9.28 Å². The van der Waals surface area contributed by atoms with Crippen LogP contribution < -0.4 is 5.73 Å². The second kappa shape index (κ2) is 4.87. The van der Waals surface area contributed by atoms with Crippen molar-refractivity contribution in [2.24, 2.45) is 5.73 Å². The molecule has 0 rings (SSSR count). The van der Waals surface area contributed by atoms with E-state index in [2.05, 4.69) is 0 Å². The molecule has 0 radical (unpaired) electrons. The van der Waals surface area contributed by atoms with Gasteiger partial charge in [0.15, 0.2) is 0 Å². The van der Waals surface area contributed by atoms with Crippen molar-refractivity contribution in [2.45, 2.75) is 32.9 Å². The summed E-state index contributed by atoms with van der Waals surface area (Å²) in [5, 5.41) is -0.286. The van der Waals surface area contributed by atoms with Crippen LogP contribution in [0, 0.1) is 0 Å². The molecule has 11 heavy (non-hydrogen) atoms. The first-order chi connectivity index (χ1) is 5.02. The molecule has 0 aliphatic carbocycles. The van der Waals surface area contributed by atoms with Gasteiger partial charge in [-0.25, -0.2) is 0 Å². The van der Waals surface area contributed by atoms with E-state index in [9.17, 15) is 0 Å². The van der Waals surface area contributed by atoms with Gasteiger partial charge in [0.25, 0.3) is 0 Å². The number of hydrogen-bond donors (Lipinski definition) is 1. The van der Waals surface area contributed by atoms with Crippen molar-refractivity contribution in [3.63, 3.8) is 0 Å². The highest BCUT2D eigenvalue weighted by molar-refractivity contribution is 6.48. The average Bonchev–Trinajstić information content (AvgIpc) is 1.85. The molecular weight excluding hydrogens is 158 g/mol. The van der Waals surface area contributed by atoms with Gasteiger partial charge < -0.3 is 14.6 Å². The lowest BCUT2D eigenvalue weighted by Gasteiger charge is -2.27. The molecule has 0 saturated carbocycles. The summed E-state index contributed by atoms with van der Waals surface area (Å²) in [6.45, 7) is 9.22. The highest BCUT2D eigenvalue weighted by atomic mass is 28.3. The fraction of sp³-hybridized carbons (Fsp3) is 1.00. The topological polar surface area (TPSA) is 44.5 Å². The Hall–Kier alpha value is 0.0969. The molecule has 0 aromatic carbocycles. The van der Waals surface area contributed by atoms with E-state index in [0.29, 0.717) is 13.2 Å². The van der Waals surface area contributed by atoms with Crippen LogP contribution in [0.15, 0.2) is 0 Å². The number of hydrogen-bond acceptors (Lipinski definition) is 3. The van der Waals surface area contributed by atoms with E-state index in [1.807, 2.05) is 27.7 Å². The zero-order valence-electron chi connectivity index (χ0n) is 7.89. The summed E-state index contributed by atoms with van der Waals surface area (Å²) in [5.41, 5.74) is 5.86. The second-order valence-electron chi connectivity index (χ2n) is 3.06. The van der Waals surface area contributed by atoms with Crippen LogP contribution in [0.2, 0.25) is 0 Å². The Morgan fingerprint density at radius 2 is 1.55 bits per heavy atom. The van der Waals surface area contributed by atoms with Gasteiger partial charge in [0.05, 0.1) is 5.16 Å². The Bertz CT molecular complexity index is 97.1. The first-order valence-electron chi connectivity index (χ1n) is 4.04. The highest BCUT2D eigenvalue weighted by Gasteiger charge is 2.29. The smallest absolute Gasteiger partial charge is 0.341 e. The van der Waals surface area contributed by atoms with Gasteiger partial charge in [-0.05, 0) is 27.7 Å². The van der Waals surface area contributed by atoms with Crippen LogP contribution in [0.5, 0.6) is 0 Å². The predicted octanol–water partition coefficient (Wildman–Crippen LogP) is 0.556. The molecule has 0 aromatic rings. The SMILES string of the molecule is CCO[SiH](OCC)C(C)(C)N. The highest BCUT2D eigenvalue weighted by Crippen LogP contribution is 2.06. The van der Waals surface area contributed by atoms with Crippen LogP contribution in [0.3, 0.4) is 0 Å². The lowest BCUT2D eigenvalue weighted by Crippen LogP contribution is -2.52. The Morgan fingerprint density at radius 1 is 1.18 bits per heavy atom. The van der Waals surface area contributed by atoms with E-state index in [4.69, 9.17) is 14.6 Å². The Morgan fingerprint density at radius 3 is 1.73 bits per heavy atom. The quantitative estimate of drug-likeness (QED) is 0.624. The summed E-state index contributed by atoms with van der Waals surface area (Å²) < 4.78 is 10.9. The van der Waals surface area contributed by atoms with Crippen LogP contribution in [0.1, 0.15) is 27.7 Å². The molecule has 0 bridgehead atoms. The van der Waals surface area contributed by atoms with E-state index in [0.717, 1.165) is 0 Å². The maximum absolute atomic E-state index is 5.86. The minimum atomic E-state index is -1.64. The van der Waals surface area contributed by atoms with Gasteiger partial charge in [-0.15, -0.1) is 0 Å². The third-order valence-electron chi connectivity index (χ3n) is 1.24. The van der Waals surface area contributed by atoms with Crippen molar-refractivity contribution in [2.75, 3.05) is 13.2 Å². The van der Waals surface area contributed by atoms with Crippen LogP contribution in [0.4, 0.5) is 0 Å². The molecule has 3 nitrogen and oxygen atoms in total. The minimum absolute atomic E-state index is 0.286. The number of rotatable bonds is 5. The van der Waals surface area contributed by atoms with Crippen LogP contribution in [-0.2, 0) is 8.85 Å². The lowest BCUT2D eigenvalue weighted by atomic mass is 10.4. The van der Waals surface area contributed by atoms with Crippen molar-refractivity contribution in [3.05, 3.63) is 0 Å². The zero-order valence-corrected chi connectivity index (χ0v) is 9.04. The first kappa shape index (κ1) is 11.1. The minimum Gasteiger partial charge on any atom is -0.396 e. The predicted molar refractivity (Wildman–Crippen MR) is 48.7 cm³/mol. The van der Waals surface area contributed by atoms with Crippen molar-refractivity contribution >= 4 is 9.28 Å². The van der Waals surface area contributed by atoms with Gasteiger partial charge in [-0.1, -0.05) is 0 Å². The molecular formula is C7H19NO2Si. The van der Waals surface area contributed by atoms with Crippen LogP contribution in [-0.4, -0.2) is 27.7 Å². The summed E-state index contributed by atoms with van der Waals surface area (Å²) in [6, 6.07) is 0. The molecule has 0 aromatic heterocycles. The number of nitrogens with two attached hydrogens (primary N) is 1. The van der Waals surface area contributed by atoms with Crippen molar-refractivity contribution in [3.8, 4) is 0 Å². The first-order valence-corrected chi connectivity index (χ1v) is 5.56. The van der Waals surface area contributed by atoms with Gasteiger partial charge in [-0.3, -0.25) is 0 Å². The fourth-order valence-electron chi connectivity index (χ4n) is 0.780. The van der Waals surface area contributed by atoms with E-state index >= 15 is 0 Å². The molecule has 0 unspecified atom stereocenters. The normalized spacial score (nSPS) is 12.5. The Balaban J connectivity index is 3.88. The third kappa shape index (κ3) is 4.52. The molecule has 0 amide bonds. The molecule has 0 saturated heterocycles. The van der Waals surface area contributed by atoms with Crippen molar-refractivity contribution in [1.29, 1.82) is 0 Å². The molecule has 0 spiro atoms. The van der Waals surface area contributed by atoms with E-state index in [1.54, 1.807) is 0 Å². The van der Waals surface area contributed by atoms with Gasteiger partial charge in [0.1, 0.15) is 0 Å². The molecule has 2 N–H and O–H groups in total. The van der Waals surface area contributed by atoms with E-state index in [1.165, 1.54) is 0 Å². The second-order valence-corrected chi connectivity index (χ2v) is 5.88. The van der Waals surface area contributed by atoms with Gasteiger partial charge in [-0.2, -0.15) is 0 Å². The monoisotopic (exact) mass is 177 g/mol. The zero-order chi connectivity index (χ0) is 8.91. The van der Waals surface area contributed by atoms with Crippen LogP contribution >= 0.6 is 0 Å². The summed E-state index contributed by atoms with van der Waals surface area (Å²) >= 11 is 0. The van der Waals surface area contributed by atoms with Gasteiger partial charge in [0, 0.05) is 13.2 Å². The molecule has 0 heterocycles. The molecule has 0 aliphatic rings. The molecule has 68 valence electrons. The Kier molecular flexibility index (Phi) is 4.91. The third-order valence-corrected chi connectivity index (χ3v) is 3.73. The summed E-state index contributed by atoms with van der Waals surface area (Å²) in [6.07, 6.45) is 0. The maximum Gasteiger partial charge on any atom is 0.341 e. The molecule has 0 fully saturated rings. The van der Waals surface area contributed by atoms with Crippen molar-refractivity contribution < 1.29 is 8.85 Å². The van der Waals surface area contributed by atoms with E-state index < -0.39 is 9.28 Å². The van der Waals surface area contributed by atoms with Gasteiger partial charge in [0.2, 0.25) is 0 Å². The average molecular weight is 177 g/mol. The fourth-order valence-corrected chi connectivity index (χ4v) is 2.34. The summed E-state index contributed by atoms with van der Waals surface area (Å²) in [5.74, 6) is 0.